The maximum absolute atomic E-state index is 11.3. The number of carbonyl (C=O) groups excluding carboxylic acids is 1. The van der Waals surface area contributed by atoms with E-state index < -0.39 is 27.8 Å². The van der Waals surface area contributed by atoms with Gasteiger partial charge < -0.3 is 10.4 Å². The fourth-order valence-electron chi connectivity index (χ4n) is 1.03. The quantitative estimate of drug-likeness (QED) is 0.598. The molecule has 5 N–H and O–H groups in total. The van der Waals surface area contributed by atoms with Crippen LogP contribution in [0.25, 0.3) is 0 Å². The van der Waals surface area contributed by atoms with Crippen molar-refractivity contribution >= 4 is 38.4 Å². The topological polar surface area (TPSA) is 139 Å². The molecule has 0 spiro atoms. The minimum absolute atomic E-state index is 0.0263. The summed E-state index contributed by atoms with van der Waals surface area (Å²) >= 11 is 1.05. The molecule has 10 heteroatoms. The molecule has 1 rings (SSSR count). The van der Waals surface area contributed by atoms with Crippen molar-refractivity contribution in [3.8, 4) is 0 Å². The summed E-state index contributed by atoms with van der Waals surface area (Å²) in [6.07, 6.45) is 0. The zero-order chi connectivity index (χ0) is 13.8. The smallest absolute Gasteiger partial charge is 0.338 e. The minimum Gasteiger partial charge on any atom is -0.478 e. The van der Waals surface area contributed by atoms with Crippen molar-refractivity contribution in [1.82, 2.24) is 5.32 Å². The summed E-state index contributed by atoms with van der Waals surface area (Å²) < 4.78 is 21.2. The van der Waals surface area contributed by atoms with E-state index in [1.807, 2.05) is 0 Å². The Morgan fingerprint density at radius 1 is 1.44 bits per heavy atom. The molecule has 0 saturated carbocycles. The highest BCUT2D eigenvalue weighted by Gasteiger charge is 2.13. The van der Waals surface area contributed by atoms with Gasteiger partial charge in [-0.15, -0.1) is 11.3 Å². The Morgan fingerprint density at radius 2 is 2.11 bits per heavy atom. The molecule has 8 nitrogen and oxygen atoms in total. The van der Waals surface area contributed by atoms with Gasteiger partial charge in [-0.05, 0) is 11.4 Å². The lowest BCUT2D eigenvalue weighted by molar-refractivity contribution is 0.0698. The molecule has 18 heavy (non-hydrogen) atoms. The monoisotopic (exact) mass is 293 g/mol. The second kappa shape index (κ2) is 5.80. The molecule has 0 aliphatic heterocycles. The number of carboxylic acids is 1. The number of carbonyl (C=O) groups is 2. The van der Waals surface area contributed by atoms with Crippen LogP contribution >= 0.6 is 11.3 Å². The third-order valence-electron chi connectivity index (χ3n) is 1.79. The third kappa shape index (κ3) is 4.69. The van der Waals surface area contributed by atoms with E-state index in [1.165, 1.54) is 11.4 Å². The zero-order valence-corrected chi connectivity index (χ0v) is 10.7. The van der Waals surface area contributed by atoms with Crippen LogP contribution in [-0.4, -0.2) is 37.8 Å². The largest absolute Gasteiger partial charge is 0.478 e. The molecule has 1 heterocycles. The molecule has 0 radical (unpaired) electrons. The molecule has 1 aromatic rings. The van der Waals surface area contributed by atoms with Crippen LogP contribution in [0.1, 0.15) is 10.4 Å². The molecule has 0 unspecified atom stereocenters. The predicted octanol–water partition coefficient (Wildman–Crippen LogP) is -0.144. The zero-order valence-electron chi connectivity index (χ0n) is 9.04. The SMILES string of the molecule is NS(=O)(=O)CCNC(=O)Nc1sccc1C(=O)O. The fraction of sp³-hybridized carbons (Fsp3) is 0.250. The fourth-order valence-corrected chi connectivity index (χ4v) is 2.19. The average Bonchev–Trinajstić information content (AvgIpc) is 2.63. The number of rotatable bonds is 5. The maximum atomic E-state index is 11.3. The number of nitrogens with two attached hydrogens (primary N) is 1. The first-order valence-electron chi connectivity index (χ1n) is 4.65. The standard InChI is InChI=1S/C8H11N3O5S2/c9-18(15,16)4-2-10-8(14)11-6-5(7(12)13)1-3-17-6/h1,3H,2,4H2,(H,12,13)(H2,9,15,16)(H2,10,11,14). The molecular formula is C8H11N3O5S2. The van der Waals surface area contributed by atoms with Gasteiger partial charge in [-0.1, -0.05) is 0 Å². The van der Waals surface area contributed by atoms with Crippen LogP contribution < -0.4 is 15.8 Å². The first-order chi connectivity index (χ1) is 8.29. The van der Waals surface area contributed by atoms with Gasteiger partial charge in [-0.3, -0.25) is 5.32 Å². The Hall–Kier alpha value is -1.65. The average molecular weight is 293 g/mol. The molecule has 0 bridgehead atoms. The van der Waals surface area contributed by atoms with Crippen LogP contribution in [0.2, 0.25) is 0 Å². The first kappa shape index (κ1) is 14.4. The number of aromatic carboxylic acids is 1. The van der Waals surface area contributed by atoms with Crippen LogP contribution in [0.3, 0.4) is 0 Å². The number of urea groups is 1. The number of anilines is 1. The third-order valence-corrected chi connectivity index (χ3v) is 3.40. The Labute approximate surface area is 107 Å². The number of nitrogens with one attached hydrogen (secondary N) is 2. The van der Waals surface area contributed by atoms with Gasteiger partial charge in [0.2, 0.25) is 10.0 Å². The molecule has 2 amide bonds. The summed E-state index contributed by atoms with van der Waals surface area (Å²) in [6.45, 7) is -0.154. The van der Waals surface area contributed by atoms with Crippen molar-refractivity contribution in [2.24, 2.45) is 5.14 Å². The summed E-state index contributed by atoms with van der Waals surface area (Å²) in [5.74, 6) is -1.55. The Kier molecular flexibility index (Phi) is 4.64. The number of amides is 2. The van der Waals surface area contributed by atoms with Crippen molar-refractivity contribution < 1.29 is 23.1 Å². The van der Waals surface area contributed by atoms with Crippen molar-refractivity contribution in [3.05, 3.63) is 17.0 Å². The van der Waals surface area contributed by atoms with Crippen LogP contribution in [0.15, 0.2) is 11.4 Å². The highest BCUT2D eigenvalue weighted by molar-refractivity contribution is 7.89. The molecule has 0 saturated heterocycles. The van der Waals surface area contributed by atoms with E-state index in [0.717, 1.165) is 11.3 Å². The van der Waals surface area contributed by atoms with E-state index >= 15 is 0 Å². The van der Waals surface area contributed by atoms with E-state index in [2.05, 4.69) is 10.6 Å². The lowest BCUT2D eigenvalue weighted by Crippen LogP contribution is -2.34. The summed E-state index contributed by atoms with van der Waals surface area (Å²) in [4.78, 5) is 22.1. The molecule has 0 aliphatic rings. The number of carboxylic acid groups (broad SMARTS) is 1. The number of sulfonamides is 1. The summed E-state index contributed by atoms with van der Waals surface area (Å²) in [5, 5.41) is 19.8. The van der Waals surface area contributed by atoms with Gasteiger partial charge in [0.05, 0.1) is 11.3 Å². The van der Waals surface area contributed by atoms with Crippen LogP contribution in [0, 0.1) is 0 Å². The van der Waals surface area contributed by atoms with Crippen molar-refractivity contribution in [2.45, 2.75) is 0 Å². The van der Waals surface area contributed by atoms with Crippen LogP contribution in [0.4, 0.5) is 9.80 Å². The van der Waals surface area contributed by atoms with Crippen molar-refractivity contribution in [2.75, 3.05) is 17.6 Å². The summed E-state index contributed by atoms with van der Waals surface area (Å²) in [5.41, 5.74) is -0.0263. The molecule has 0 aromatic carbocycles. The number of primary sulfonamides is 1. The first-order valence-corrected chi connectivity index (χ1v) is 7.25. The molecule has 100 valence electrons. The van der Waals surface area contributed by atoms with Crippen LogP contribution in [-0.2, 0) is 10.0 Å². The number of hydrogen-bond donors (Lipinski definition) is 4. The van der Waals surface area contributed by atoms with Gasteiger partial charge in [-0.2, -0.15) is 0 Å². The van der Waals surface area contributed by atoms with Gasteiger partial charge in [0.25, 0.3) is 0 Å². The maximum Gasteiger partial charge on any atom is 0.338 e. The van der Waals surface area contributed by atoms with E-state index in [-0.39, 0.29) is 17.1 Å². The van der Waals surface area contributed by atoms with E-state index in [0.29, 0.717) is 0 Å². The second-order valence-electron chi connectivity index (χ2n) is 3.22. The van der Waals surface area contributed by atoms with Gasteiger partial charge >= 0.3 is 12.0 Å². The normalized spacial score (nSPS) is 10.9. The lowest BCUT2D eigenvalue weighted by atomic mass is 10.3. The van der Waals surface area contributed by atoms with Gasteiger partial charge in [-0.25, -0.2) is 23.1 Å². The molecular weight excluding hydrogens is 282 g/mol. The van der Waals surface area contributed by atoms with Crippen LogP contribution in [0.5, 0.6) is 0 Å². The number of thiophene rings is 1. The molecule has 0 fully saturated rings. The van der Waals surface area contributed by atoms with Crippen molar-refractivity contribution in [1.29, 1.82) is 0 Å². The summed E-state index contributed by atoms with van der Waals surface area (Å²) in [6, 6.07) is 0.663. The minimum atomic E-state index is -3.64. The Balaban J connectivity index is 2.50. The van der Waals surface area contributed by atoms with E-state index in [1.54, 1.807) is 0 Å². The second-order valence-corrected chi connectivity index (χ2v) is 5.87. The Bertz CT molecular complexity index is 551. The Morgan fingerprint density at radius 3 is 2.67 bits per heavy atom. The van der Waals surface area contributed by atoms with Gasteiger partial charge in [0.1, 0.15) is 5.00 Å². The molecule has 0 atom stereocenters. The van der Waals surface area contributed by atoms with E-state index in [4.69, 9.17) is 10.2 Å². The highest BCUT2D eigenvalue weighted by atomic mass is 32.2. The van der Waals surface area contributed by atoms with Gasteiger partial charge in [0, 0.05) is 6.54 Å². The highest BCUT2D eigenvalue weighted by Crippen LogP contribution is 2.22. The van der Waals surface area contributed by atoms with Gasteiger partial charge in [0.15, 0.2) is 0 Å². The van der Waals surface area contributed by atoms with Crippen molar-refractivity contribution in [3.63, 3.8) is 0 Å². The van der Waals surface area contributed by atoms with E-state index in [9.17, 15) is 18.0 Å². The summed E-state index contributed by atoms with van der Waals surface area (Å²) in [7, 11) is -3.64. The molecule has 0 aliphatic carbocycles. The molecule has 1 aromatic heterocycles. The number of hydrogen-bond acceptors (Lipinski definition) is 5. The lowest BCUT2D eigenvalue weighted by Gasteiger charge is -2.06. The predicted molar refractivity (Wildman–Crippen MR) is 66.3 cm³/mol.